The first-order valence-electron chi connectivity index (χ1n) is 8.85. The predicted octanol–water partition coefficient (Wildman–Crippen LogP) is 3.61. The third-order valence-corrected chi connectivity index (χ3v) is 6.11. The molecular weight excluding hydrogens is 363 g/mol. The molecule has 1 aliphatic heterocycles. The van der Waals surface area contributed by atoms with Crippen LogP contribution < -0.4 is 11.1 Å². The van der Waals surface area contributed by atoms with Gasteiger partial charge in [-0.05, 0) is 43.3 Å². The van der Waals surface area contributed by atoms with Gasteiger partial charge in [0, 0.05) is 36.3 Å². The first-order valence-corrected chi connectivity index (χ1v) is 9.66. The minimum absolute atomic E-state index is 0.0593. The molecule has 3 heterocycles. The maximum atomic E-state index is 13.4. The van der Waals surface area contributed by atoms with Crippen LogP contribution in [0.2, 0.25) is 0 Å². The average molecular weight is 384 g/mol. The lowest BCUT2D eigenvalue weighted by Gasteiger charge is -2.24. The van der Waals surface area contributed by atoms with Crippen molar-refractivity contribution in [2.75, 3.05) is 31.2 Å². The molecule has 1 aliphatic rings. The molecule has 0 unspecified atom stereocenters. The smallest absolute Gasteiger partial charge is 0.193 e. The Kier molecular flexibility index (Phi) is 4.57. The Morgan fingerprint density at radius 2 is 2.22 bits per heavy atom. The molecule has 0 aliphatic carbocycles. The summed E-state index contributed by atoms with van der Waals surface area (Å²) in [6, 6.07) is 6.54. The summed E-state index contributed by atoms with van der Waals surface area (Å²) < 4.78 is 13.4. The Morgan fingerprint density at radius 1 is 1.41 bits per heavy atom. The lowest BCUT2D eigenvalue weighted by molar-refractivity contribution is 0.101. The van der Waals surface area contributed by atoms with E-state index in [1.807, 2.05) is 6.92 Å². The minimum atomic E-state index is -0.336. The highest BCUT2D eigenvalue weighted by molar-refractivity contribution is 7.21. The first kappa shape index (κ1) is 17.9. The summed E-state index contributed by atoms with van der Waals surface area (Å²) in [4.78, 5) is 21.0. The molecule has 7 heteroatoms. The minimum Gasteiger partial charge on any atom is -0.397 e. The molecule has 0 fully saturated rings. The van der Waals surface area contributed by atoms with E-state index >= 15 is 0 Å². The second-order valence-electron chi connectivity index (χ2n) is 7.02. The maximum Gasteiger partial charge on any atom is 0.193 e. The van der Waals surface area contributed by atoms with Crippen LogP contribution in [0, 0.1) is 12.7 Å². The maximum absolute atomic E-state index is 13.4. The van der Waals surface area contributed by atoms with Crippen molar-refractivity contribution in [1.29, 1.82) is 0 Å². The number of Topliss-reactive ketones (excluding diaryl/α,β-unsaturated/α-hetero) is 1. The van der Waals surface area contributed by atoms with Gasteiger partial charge >= 0.3 is 0 Å². The van der Waals surface area contributed by atoms with Gasteiger partial charge in [-0.15, -0.1) is 11.3 Å². The standard InChI is InChI=1S/C20H21FN4OS/c1-11-3-4-13(21)8-16(11)23-9-17(26)19-18(22)14-7-12-10-25(2)6-5-15(12)24-20(14)27-19/h3-4,7-8,23H,5-6,9-10,22H2,1-2H3. The number of fused-ring (bicyclic) bond motifs is 2. The predicted molar refractivity (Wildman–Crippen MR) is 108 cm³/mol. The van der Waals surface area contributed by atoms with Crippen LogP contribution in [-0.4, -0.2) is 35.8 Å². The number of nitrogens with zero attached hydrogens (tertiary/aromatic N) is 2. The highest BCUT2D eigenvalue weighted by Gasteiger charge is 2.21. The molecule has 27 heavy (non-hydrogen) atoms. The molecule has 0 spiro atoms. The third kappa shape index (κ3) is 3.40. The van der Waals surface area contributed by atoms with Gasteiger partial charge in [-0.2, -0.15) is 0 Å². The second kappa shape index (κ2) is 6.90. The summed E-state index contributed by atoms with van der Waals surface area (Å²) in [5.74, 6) is -0.453. The van der Waals surface area contributed by atoms with Crippen LogP contribution in [0.1, 0.15) is 26.5 Å². The zero-order chi connectivity index (χ0) is 19.1. The fourth-order valence-corrected chi connectivity index (χ4v) is 4.42. The fourth-order valence-electron chi connectivity index (χ4n) is 3.39. The highest BCUT2D eigenvalue weighted by atomic mass is 32.1. The Labute approximate surface area is 161 Å². The Morgan fingerprint density at radius 3 is 3.04 bits per heavy atom. The number of ketones is 1. The van der Waals surface area contributed by atoms with Gasteiger partial charge in [0.25, 0.3) is 0 Å². The molecule has 0 radical (unpaired) electrons. The van der Waals surface area contributed by atoms with E-state index in [4.69, 9.17) is 10.7 Å². The van der Waals surface area contributed by atoms with E-state index < -0.39 is 0 Å². The fraction of sp³-hybridized carbons (Fsp3) is 0.300. The molecule has 4 rings (SSSR count). The molecule has 0 atom stereocenters. The number of nitrogens with two attached hydrogens (primary N) is 1. The largest absolute Gasteiger partial charge is 0.397 e. The number of thiophene rings is 1. The Hall–Kier alpha value is -2.51. The first-order chi connectivity index (χ1) is 12.9. The molecule has 0 amide bonds. The average Bonchev–Trinajstić information content (AvgIpc) is 2.96. The molecule has 1 aromatic carbocycles. The summed E-state index contributed by atoms with van der Waals surface area (Å²) >= 11 is 1.33. The van der Waals surface area contributed by atoms with E-state index in [1.165, 1.54) is 29.0 Å². The van der Waals surface area contributed by atoms with Crippen LogP contribution >= 0.6 is 11.3 Å². The number of nitrogen functional groups attached to an aromatic ring is 1. The third-order valence-electron chi connectivity index (χ3n) is 4.95. The Balaban J connectivity index is 1.60. The number of nitrogens with one attached hydrogen (secondary N) is 1. The van der Waals surface area contributed by atoms with Crippen LogP contribution in [0.15, 0.2) is 24.3 Å². The number of carbonyl (C=O) groups excluding carboxylic acids is 1. The van der Waals surface area contributed by atoms with Crippen LogP contribution in [0.3, 0.4) is 0 Å². The van der Waals surface area contributed by atoms with Crippen molar-refractivity contribution in [3.8, 4) is 0 Å². The van der Waals surface area contributed by atoms with Crippen molar-refractivity contribution < 1.29 is 9.18 Å². The number of benzene rings is 1. The quantitative estimate of drug-likeness (QED) is 0.673. The number of halogens is 1. The van der Waals surface area contributed by atoms with E-state index in [2.05, 4.69) is 23.3 Å². The van der Waals surface area contributed by atoms with Crippen LogP contribution in [-0.2, 0) is 13.0 Å². The van der Waals surface area contributed by atoms with E-state index in [9.17, 15) is 9.18 Å². The van der Waals surface area contributed by atoms with Gasteiger partial charge in [0.05, 0.1) is 17.1 Å². The van der Waals surface area contributed by atoms with E-state index in [0.29, 0.717) is 16.3 Å². The molecule has 3 N–H and O–H groups in total. The number of pyridine rings is 1. The molecule has 2 aromatic heterocycles. The van der Waals surface area contributed by atoms with Crippen molar-refractivity contribution in [3.05, 3.63) is 51.8 Å². The number of aryl methyl sites for hydroxylation is 1. The molecule has 5 nitrogen and oxygen atoms in total. The van der Waals surface area contributed by atoms with Crippen molar-refractivity contribution in [2.45, 2.75) is 19.9 Å². The van der Waals surface area contributed by atoms with Gasteiger partial charge in [-0.1, -0.05) is 6.07 Å². The van der Waals surface area contributed by atoms with Gasteiger partial charge in [-0.25, -0.2) is 9.37 Å². The summed E-state index contributed by atoms with van der Waals surface area (Å²) in [6.07, 6.45) is 0.906. The number of likely N-dealkylation sites (N-methyl/N-ethyl adjacent to an activating group) is 1. The van der Waals surface area contributed by atoms with Gasteiger partial charge in [0.1, 0.15) is 10.6 Å². The zero-order valence-corrected chi connectivity index (χ0v) is 16.1. The van der Waals surface area contributed by atoms with Crippen molar-refractivity contribution >= 4 is 38.7 Å². The number of hydrogen-bond donors (Lipinski definition) is 2. The van der Waals surface area contributed by atoms with Gasteiger partial charge < -0.3 is 16.0 Å². The molecule has 140 valence electrons. The molecule has 0 saturated heterocycles. The van der Waals surface area contributed by atoms with Crippen molar-refractivity contribution in [3.63, 3.8) is 0 Å². The summed E-state index contributed by atoms with van der Waals surface area (Å²) in [6.45, 7) is 3.75. The zero-order valence-electron chi connectivity index (χ0n) is 15.3. The van der Waals surface area contributed by atoms with Crippen LogP contribution in [0.4, 0.5) is 15.8 Å². The van der Waals surface area contributed by atoms with Gasteiger partial charge in [0.15, 0.2) is 5.78 Å². The Bertz CT molecular complexity index is 1050. The van der Waals surface area contributed by atoms with E-state index in [0.717, 1.165) is 41.0 Å². The van der Waals surface area contributed by atoms with Crippen LogP contribution in [0.25, 0.3) is 10.2 Å². The number of aromatic nitrogens is 1. The topological polar surface area (TPSA) is 71.2 Å². The van der Waals surface area contributed by atoms with Gasteiger partial charge in [0.2, 0.25) is 0 Å². The number of carbonyl (C=O) groups is 1. The molecular formula is C20H21FN4OS. The summed E-state index contributed by atoms with van der Waals surface area (Å²) in [7, 11) is 2.08. The second-order valence-corrected chi connectivity index (χ2v) is 8.01. The summed E-state index contributed by atoms with van der Waals surface area (Å²) in [5, 5.41) is 3.87. The van der Waals surface area contributed by atoms with E-state index in [-0.39, 0.29) is 18.1 Å². The van der Waals surface area contributed by atoms with Crippen molar-refractivity contribution in [1.82, 2.24) is 9.88 Å². The number of rotatable bonds is 4. The summed E-state index contributed by atoms with van der Waals surface area (Å²) in [5.41, 5.74) is 10.5. The van der Waals surface area contributed by atoms with Crippen molar-refractivity contribution in [2.24, 2.45) is 0 Å². The SMILES string of the molecule is Cc1ccc(F)cc1NCC(=O)c1sc2nc3c(cc2c1N)CN(C)CC3. The monoisotopic (exact) mass is 384 g/mol. The molecule has 0 saturated carbocycles. The molecule has 0 bridgehead atoms. The molecule has 3 aromatic rings. The highest BCUT2D eigenvalue weighted by Crippen LogP contribution is 2.35. The normalized spacial score (nSPS) is 14.3. The van der Waals surface area contributed by atoms with Crippen LogP contribution in [0.5, 0.6) is 0 Å². The van der Waals surface area contributed by atoms with E-state index in [1.54, 1.807) is 6.07 Å². The van der Waals surface area contributed by atoms with Gasteiger partial charge in [-0.3, -0.25) is 4.79 Å². The lowest BCUT2D eigenvalue weighted by Crippen LogP contribution is -2.27. The lowest BCUT2D eigenvalue weighted by atomic mass is 10.0. The number of anilines is 2. The number of hydrogen-bond acceptors (Lipinski definition) is 6.